The van der Waals surface area contributed by atoms with Crippen LogP contribution in [0.25, 0.3) is 0 Å². The monoisotopic (exact) mass is 520 g/mol. The molecule has 0 spiro atoms. The van der Waals surface area contributed by atoms with E-state index in [4.69, 9.17) is 22.2 Å². The summed E-state index contributed by atoms with van der Waals surface area (Å²) < 4.78 is 0. The summed E-state index contributed by atoms with van der Waals surface area (Å²) in [6.45, 7) is 9.74. The van der Waals surface area contributed by atoms with E-state index in [1.807, 2.05) is 0 Å². The number of nitrogens with one attached hydrogen (secondary N) is 2. The van der Waals surface area contributed by atoms with Gasteiger partial charge in [0.25, 0.3) is 0 Å². The molecular weight excluding hydrogens is 476 g/mol. The molecule has 6 nitrogen and oxygen atoms in total. The number of aromatic nitrogens is 2. The Hall–Kier alpha value is -2.41. The van der Waals surface area contributed by atoms with Crippen molar-refractivity contribution >= 4 is 34.9 Å². The lowest BCUT2D eigenvalue weighted by atomic mass is 9.69. The van der Waals surface area contributed by atoms with Gasteiger partial charge in [-0.15, -0.1) is 0 Å². The van der Waals surface area contributed by atoms with Gasteiger partial charge in [0.2, 0.25) is 5.95 Å². The third kappa shape index (κ3) is 6.54. The number of benzene rings is 1. The zero-order valence-corrected chi connectivity index (χ0v) is 23.5. The van der Waals surface area contributed by atoms with Crippen LogP contribution in [0.4, 0.5) is 17.6 Å². The van der Waals surface area contributed by atoms with Gasteiger partial charge in [-0.1, -0.05) is 63.4 Å². The first-order valence-corrected chi connectivity index (χ1v) is 14.9. The van der Waals surface area contributed by atoms with Crippen LogP contribution in [0.1, 0.15) is 77.2 Å². The van der Waals surface area contributed by atoms with Crippen LogP contribution in [0.15, 0.2) is 36.4 Å². The molecule has 1 aromatic heterocycles. The van der Waals surface area contributed by atoms with Gasteiger partial charge in [-0.2, -0.15) is 9.97 Å². The van der Waals surface area contributed by atoms with Crippen LogP contribution in [-0.4, -0.2) is 47.8 Å². The molecule has 3 heterocycles. The quantitative estimate of drug-likeness (QED) is 0.444. The number of hydrogen-bond acceptors (Lipinski definition) is 5. The zero-order valence-electron chi connectivity index (χ0n) is 22.7. The van der Waals surface area contributed by atoms with E-state index in [0.29, 0.717) is 22.9 Å². The normalized spacial score (nSPS) is 23.9. The molecule has 0 amide bonds. The van der Waals surface area contributed by atoms with Crippen molar-refractivity contribution in [2.75, 3.05) is 47.8 Å². The molecule has 2 N–H and O–H groups in total. The molecule has 0 radical (unpaired) electrons. The van der Waals surface area contributed by atoms with Crippen LogP contribution < -0.4 is 20.4 Å². The Morgan fingerprint density at radius 1 is 0.892 bits per heavy atom. The van der Waals surface area contributed by atoms with Crippen LogP contribution in [0.5, 0.6) is 0 Å². The third-order valence-corrected chi connectivity index (χ3v) is 8.83. The molecule has 2 saturated heterocycles. The number of hydrogen-bond donors (Lipinski definition) is 2. The van der Waals surface area contributed by atoms with Crippen molar-refractivity contribution in [3.8, 4) is 0 Å². The van der Waals surface area contributed by atoms with Gasteiger partial charge in [-0.25, -0.2) is 0 Å². The number of thiocarbonyl (C=S) groups is 1. The topological polar surface area (TPSA) is 56.3 Å². The fourth-order valence-corrected chi connectivity index (χ4v) is 6.92. The van der Waals surface area contributed by atoms with Crippen LogP contribution in [0.2, 0.25) is 0 Å². The van der Waals surface area contributed by atoms with Crippen LogP contribution >= 0.6 is 12.2 Å². The smallest absolute Gasteiger partial charge is 0.232 e. The zero-order chi connectivity index (χ0) is 25.7. The van der Waals surface area contributed by atoms with Crippen molar-refractivity contribution < 1.29 is 0 Å². The van der Waals surface area contributed by atoms with Gasteiger partial charge in [-0.3, -0.25) is 0 Å². The summed E-state index contributed by atoms with van der Waals surface area (Å²) in [4.78, 5) is 14.8. The Balaban J connectivity index is 1.33. The highest BCUT2D eigenvalue weighted by Crippen LogP contribution is 2.39. The first-order valence-electron chi connectivity index (χ1n) is 14.5. The van der Waals surface area contributed by atoms with Crippen LogP contribution in [0, 0.1) is 11.8 Å². The van der Waals surface area contributed by atoms with Crippen molar-refractivity contribution in [2.24, 2.45) is 11.8 Å². The van der Waals surface area contributed by atoms with Crippen molar-refractivity contribution in [1.29, 1.82) is 0 Å². The Labute approximate surface area is 228 Å². The lowest BCUT2D eigenvalue weighted by Gasteiger charge is -2.38. The Morgan fingerprint density at radius 3 is 2.19 bits per heavy atom. The Bertz CT molecular complexity index is 1020. The van der Waals surface area contributed by atoms with Crippen LogP contribution in [-0.2, 0) is 5.41 Å². The van der Waals surface area contributed by atoms with Crippen molar-refractivity contribution in [3.05, 3.63) is 42.0 Å². The molecular formula is C30H44N6S. The van der Waals surface area contributed by atoms with E-state index in [1.165, 1.54) is 63.4 Å². The summed E-state index contributed by atoms with van der Waals surface area (Å²) in [5.41, 5.74) is 1.55. The molecule has 1 aromatic carbocycles. The molecule has 0 bridgehead atoms. The molecule has 37 heavy (non-hydrogen) atoms. The minimum Gasteiger partial charge on any atom is -0.361 e. The van der Waals surface area contributed by atoms with Gasteiger partial charge in [0.1, 0.15) is 11.6 Å². The highest BCUT2D eigenvalue weighted by Gasteiger charge is 2.34. The Kier molecular flexibility index (Phi) is 8.48. The predicted octanol–water partition coefficient (Wildman–Crippen LogP) is 6.14. The predicted molar refractivity (Wildman–Crippen MR) is 159 cm³/mol. The lowest BCUT2D eigenvalue weighted by Crippen LogP contribution is -2.44. The third-order valence-electron chi connectivity index (χ3n) is 8.58. The number of anilines is 3. The largest absolute Gasteiger partial charge is 0.361 e. The van der Waals surface area contributed by atoms with E-state index < -0.39 is 0 Å². The van der Waals surface area contributed by atoms with E-state index >= 15 is 0 Å². The molecule has 0 unspecified atom stereocenters. The second kappa shape index (κ2) is 12.0. The molecule has 7 heteroatoms. The van der Waals surface area contributed by atoms with Crippen molar-refractivity contribution in [1.82, 2.24) is 15.3 Å². The van der Waals surface area contributed by atoms with Gasteiger partial charge in [0.15, 0.2) is 5.11 Å². The summed E-state index contributed by atoms with van der Waals surface area (Å²) in [6, 6.07) is 13.2. The fourth-order valence-electron chi connectivity index (χ4n) is 6.76. The number of piperidine rings is 2. The Morgan fingerprint density at radius 2 is 1.51 bits per heavy atom. The average molecular weight is 521 g/mol. The maximum Gasteiger partial charge on any atom is 0.232 e. The molecule has 200 valence electrons. The van der Waals surface area contributed by atoms with E-state index in [-0.39, 0.29) is 5.41 Å². The second-order valence-electron chi connectivity index (χ2n) is 11.8. The maximum atomic E-state index is 5.81. The molecule has 2 atom stereocenters. The molecule has 5 rings (SSSR count). The van der Waals surface area contributed by atoms with Crippen molar-refractivity contribution in [2.45, 2.75) is 77.0 Å². The van der Waals surface area contributed by atoms with Gasteiger partial charge in [-0.05, 0) is 68.1 Å². The minimum atomic E-state index is 0.132. The lowest BCUT2D eigenvalue weighted by molar-refractivity contribution is 0.292. The van der Waals surface area contributed by atoms with E-state index in [2.05, 4.69) is 70.7 Å². The highest BCUT2D eigenvalue weighted by atomic mass is 32.1. The summed E-state index contributed by atoms with van der Waals surface area (Å²) in [5, 5.41) is 7.56. The van der Waals surface area contributed by atoms with Gasteiger partial charge < -0.3 is 20.4 Å². The van der Waals surface area contributed by atoms with E-state index in [9.17, 15) is 0 Å². The maximum absolute atomic E-state index is 5.81. The fraction of sp³-hybridized carbons (Fsp3) is 0.633. The summed E-state index contributed by atoms with van der Waals surface area (Å²) in [7, 11) is 0. The summed E-state index contributed by atoms with van der Waals surface area (Å²) in [5.74, 6) is 3.99. The first kappa shape index (κ1) is 26.2. The molecule has 1 aliphatic carbocycles. The molecule has 2 aromatic rings. The van der Waals surface area contributed by atoms with E-state index in [0.717, 1.165) is 44.4 Å². The highest BCUT2D eigenvalue weighted by molar-refractivity contribution is 7.80. The van der Waals surface area contributed by atoms with E-state index in [1.54, 1.807) is 0 Å². The van der Waals surface area contributed by atoms with Crippen LogP contribution in [0.3, 0.4) is 0 Å². The molecule has 3 fully saturated rings. The van der Waals surface area contributed by atoms with Crippen molar-refractivity contribution in [3.63, 3.8) is 0 Å². The molecule has 2 aliphatic heterocycles. The number of nitrogens with zero attached hydrogens (tertiary/aromatic N) is 4. The van der Waals surface area contributed by atoms with Gasteiger partial charge in [0.05, 0.1) is 0 Å². The first-order chi connectivity index (χ1) is 18.0. The second-order valence-corrected chi connectivity index (χ2v) is 12.2. The van der Waals surface area contributed by atoms with Gasteiger partial charge in [0, 0.05) is 44.2 Å². The SMILES string of the molecule is C[C@@H]1C[C@H](C)CN(c2cc(N3CCCCC3)nc(NC(=S)NCC3(c4ccccc4)CCCCC3)n2)C1. The summed E-state index contributed by atoms with van der Waals surface area (Å²) >= 11 is 5.81. The average Bonchev–Trinajstić information content (AvgIpc) is 2.93. The van der Waals surface area contributed by atoms with Gasteiger partial charge >= 0.3 is 0 Å². The molecule has 3 aliphatic rings. The molecule has 1 saturated carbocycles. The standard InChI is InChI=1S/C30H44N6S/c1-23-18-24(2)21-36(20-23)27-19-26(35-16-10-5-11-17-35)32-28(33-27)34-29(37)31-22-30(14-8-4-9-15-30)25-12-6-3-7-13-25/h3,6-7,12-13,19,23-24H,4-5,8-11,14-18,20-22H2,1-2H3,(H2,31,32,33,34,37)/t23-,24+. The summed E-state index contributed by atoms with van der Waals surface area (Å²) in [6.07, 6.45) is 11.3. The number of rotatable bonds is 6. The minimum absolute atomic E-state index is 0.132.